The highest BCUT2D eigenvalue weighted by Crippen LogP contribution is 2.23. The van der Waals surface area contributed by atoms with E-state index in [1.807, 2.05) is 6.92 Å². The van der Waals surface area contributed by atoms with Crippen molar-refractivity contribution in [2.45, 2.75) is 39.2 Å². The molecule has 7 heteroatoms. The van der Waals surface area contributed by atoms with Gasteiger partial charge in [0.05, 0.1) is 4.92 Å². The lowest BCUT2D eigenvalue weighted by molar-refractivity contribution is -0.384. The summed E-state index contributed by atoms with van der Waals surface area (Å²) < 4.78 is 0. The summed E-state index contributed by atoms with van der Waals surface area (Å²) in [4.78, 5) is 24.9. The molecule has 0 aliphatic heterocycles. The van der Waals surface area contributed by atoms with E-state index in [0.717, 1.165) is 0 Å². The smallest absolute Gasteiger partial charge is 0.311 e. The number of aliphatic carboxylic acids is 1. The monoisotopic (exact) mass is 267 g/mol. The second-order valence-electron chi connectivity index (χ2n) is 4.41. The van der Waals surface area contributed by atoms with Crippen molar-refractivity contribution in [3.8, 4) is 0 Å². The highest BCUT2D eigenvalue weighted by Gasteiger charge is 2.16. The van der Waals surface area contributed by atoms with Crippen molar-refractivity contribution in [1.29, 1.82) is 0 Å². The standard InChI is InChI=1S/C12H17N3O4/c1-8(4-3-5-11(16)17)13-12-10(15(18)19)7-6-9(2)14-12/h6-8H,3-5H2,1-2H3,(H,13,14)(H,16,17). The van der Waals surface area contributed by atoms with Gasteiger partial charge >= 0.3 is 11.7 Å². The number of aryl methyl sites for hydroxylation is 1. The molecule has 0 amide bonds. The quantitative estimate of drug-likeness (QED) is 0.580. The molecule has 0 saturated carbocycles. The molecule has 0 aromatic carbocycles. The van der Waals surface area contributed by atoms with Gasteiger partial charge in [0.1, 0.15) is 0 Å². The van der Waals surface area contributed by atoms with Crippen LogP contribution in [0, 0.1) is 17.0 Å². The number of rotatable bonds is 7. The summed E-state index contributed by atoms with van der Waals surface area (Å²) in [6, 6.07) is 2.92. The number of hydrogen-bond acceptors (Lipinski definition) is 5. The molecule has 1 heterocycles. The third-order valence-corrected chi connectivity index (χ3v) is 2.62. The topological polar surface area (TPSA) is 105 Å². The fourth-order valence-electron chi connectivity index (χ4n) is 1.67. The molecule has 19 heavy (non-hydrogen) atoms. The first kappa shape index (κ1) is 14.9. The van der Waals surface area contributed by atoms with Crippen molar-refractivity contribution in [1.82, 2.24) is 4.98 Å². The Morgan fingerprint density at radius 1 is 1.58 bits per heavy atom. The molecule has 0 aliphatic carbocycles. The SMILES string of the molecule is Cc1ccc([N+](=O)[O-])c(NC(C)CCCC(=O)O)n1. The van der Waals surface area contributed by atoms with Gasteiger partial charge in [0.25, 0.3) is 0 Å². The predicted octanol–water partition coefficient (Wildman–Crippen LogP) is 2.35. The molecule has 0 aliphatic rings. The van der Waals surface area contributed by atoms with E-state index in [1.54, 1.807) is 13.0 Å². The minimum Gasteiger partial charge on any atom is -0.481 e. The van der Waals surface area contributed by atoms with Gasteiger partial charge in [-0.25, -0.2) is 4.98 Å². The van der Waals surface area contributed by atoms with E-state index in [0.29, 0.717) is 18.5 Å². The zero-order chi connectivity index (χ0) is 14.4. The van der Waals surface area contributed by atoms with Crippen LogP contribution < -0.4 is 5.32 Å². The van der Waals surface area contributed by atoms with Gasteiger partial charge in [-0.15, -0.1) is 0 Å². The number of carboxylic acid groups (broad SMARTS) is 1. The zero-order valence-corrected chi connectivity index (χ0v) is 10.9. The fraction of sp³-hybridized carbons (Fsp3) is 0.500. The van der Waals surface area contributed by atoms with E-state index in [1.165, 1.54) is 6.07 Å². The van der Waals surface area contributed by atoms with E-state index < -0.39 is 10.9 Å². The summed E-state index contributed by atoms with van der Waals surface area (Å²) >= 11 is 0. The predicted molar refractivity (Wildman–Crippen MR) is 70.2 cm³/mol. The van der Waals surface area contributed by atoms with Crippen molar-refractivity contribution in [2.75, 3.05) is 5.32 Å². The van der Waals surface area contributed by atoms with Crippen LogP contribution in [0.5, 0.6) is 0 Å². The Balaban J connectivity index is 2.67. The summed E-state index contributed by atoms with van der Waals surface area (Å²) in [5, 5.41) is 22.4. The number of anilines is 1. The maximum Gasteiger partial charge on any atom is 0.311 e. The number of pyridine rings is 1. The van der Waals surface area contributed by atoms with Crippen LogP contribution in [0.1, 0.15) is 31.9 Å². The van der Waals surface area contributed by atoms with Crippen LogP contribution in [0.15, 0.2) is 12.1 Å². The Morgan fingerprint density at radius 2 is 2.26 bits per heavy atom. The summed E-state index contributed by atoms with van der Waals surface area (Å²) in [5.74, 6) is -0.611. The van der Waals surface area contributed by atoms with Crippen LogP contribution in [-0.4, -0.2) is 27.0 Å². The Kier molecular flexibility index (Phi) is 5.23. The molecule has 0 fully saturated rings. The minimum absolute atomic E-state index is 0.0734. The van der Waals surface area contributed by atoms with Gasteiger partial charge in [-0.3, -0.25) is 14.9 Å². The molecule has 1 rings (SSSR count). The molecule has 104 valence electrons. The van der Waals surface area contributed by atoms with Gasteiger partial charge in [-0.2, -0.15) is 0 Å². The molecule has 1 aromatic heterocycles. The lowest BCUT2D eigenvalue weighted by Crippen LogP contribution is -2.17. The van der Waals surface area contributed by atoms with Gasteiger partial charge in [0, 0.05) is 24.2 Å². The first-order valence-corrected chi connectivity index (χ1v) is 6.00. The molecular weight excluding hydrogens is 250 g/mol. The third-order valence-electron chi connectivity index (χ3n) is 2.62. The summed E-state index contributed by atoms with van der Waals surface area (Å²) in [6.45, 7) is 3.60. The number of aromatic nitrogens is 1. The van der Waals surface area contributed by atoms with Crippen molar-refractivity contribution in [3.63, 3.8) is 0 Å². The maximum atomic E-state index is 10.9. The van der Waals surface area contributed by atoms with Gasteiger partial charge in [-0.1, -0.05) is 0 Å². The van der Waals surface area contributed by atoms with E-state index in [-0.39, 0.29) is 24.0 Å². The molecule has 0 spiro atoms. The molecular formula is C12H17N3O4. The molecule has 0 radical (unpaired) electrons. The van der Waals surface area contributed by atoms with Crippen LogP contribution in [-0.2, 0) is 4.79 Å². The molecule has 1 unspecified atom stereocenters. The van der Waals surface area contributed by atoms with E-state index in [2.05, 4.69) is 10.3 Å². The molecule has 2 N–H and O–H groups in total. The summed E-state index contributed by atoms with van der Waals surface area (Å²) in [5.41, 5.74) is 0.613. The average Bonchev–Trinajstić information content (AvgIpc) is 2.27. The first-order valence-electron chi connectivity index (χ1n) is 6.00. The van der Waals surface area contributed by atoms with E-state index in [9.17, 15) is 14.9 Å². The molecule has 7 nitrogen and oxygen atoms in total. The van der Waals surface area contributed by atoms with Crippen LogP contribution >= 0.6 is 0 Å². The second-order valence-corrected chi connectivity index (χ2v) is 4.41. The number of carboxylic acids is 1. The fourth-order valence-corrected chi connectivity index (χ4v) is 1.67. The molecule has 0 bridgehead atoms. The lowest BCUT2D eigenvalue weighted by atomic mass is 10.1. The highest BCUT2D eigenvalue weighted by molar-refractivity contribution is 5.66. The summed E-state index contributed by atoms with van der Waals surface area (Å²) in [6.07, 6.45) is 1.22. The Morgan fingerprint density at radius 3 is 2.84 bits per heavy atom. The zero-order valence-electron chi connectivity index (χ0n) is 10.9. The van der Waals surface area contributed by atoms with Crippen LogP contribution in [0.25, 0.3) is 0 Å². The summed E-state index contributed by atoms with van der Waals surface area (Å²) in [7, 11) is 0. The number of nitrogens with zero attached hydrogens (tertiary/aromatic N) is 2. The Bertz CT molecular complexity index is 476. The largest absolute Gasteiger partial charge is 0.481 e. The van der Waals surface area contributed by atoms with Crippen molar-refractivity contribution >= 4 is 17.5 Å². The van der Waals surface area contributed by atoms with Crippen LogP contribution in [0.3, 0.4) is 0 Å². The first-order chi connectivity index (χ1) is 8.90. The third kappa shape index (κ3) is 4.90. The Hall–Kier alpha value is -2.18. The average molecular weight is 267 g/mol. The van der Waals surface area contributed by atoms with Crippen molar-refractivity contribution < 1.29 is 14.8 Å². The Labute approximate surface area is 110 Å². The van der Waals surface area contributed by atoms with E-state index >= 15 is 0 Å². The number of carbonyl (C=O) groups is 1. The minimum atomic E-state index is -0.841. The molecule has 1 aromatic rings. The number of nitrogens with one attached hydrogen (secondary N) is 1. The highest BCUT2D eigenvalue weighted by atomic mass is 16.6. The van der Waals surface area contributed by atoms with Gasteiger partial charge in [-0.05, 0) is 32.8 Å². The van der Waals surface area contributed by atoms with Crippen LogP contribution in [0.4, 0.5) is 11.5 Å². The lowest BCUT2D eigenvalue weighted by Gasteiger charge is -2.14. The van der Waals surface area contributed by atoms with Crippen LogP contribution in [0.2, 0.25) is 0 Å². The normalized spacial score (nSPS) is 11.9. The van der Waals surface area contributed by atoms with E-state index in [4.69, 9.17) is 5.11 Å². The second kappa shape index (κ2) is 6.67. The number of nitro groups is 1. The van der Waals surface area contributed by atoms with Gasteiger partial charge in [0.15, 0.2) is 0 Å². The molecule has 0 saturated heterocycles. The number of hydrogen-bond donors (Lipinski definition) is 2. The van der Waals surface area contributed by atoms with Gasteiger partial charge in [0.2, 0.25) is 5.82 Å². The van der Waals surface area contributed by atoms with Crippen molar-refractivity contribution in [3.05, 3.63) is 27.9 Å². The van der Waals surface area contributed by atoms with Crippen molar-refractivity contribution in [2.24, 2.45) is 0 Å². The molecule has 1 atom stereocenters. The van der Waals surface area contributed by atoms with Gasteiger partial charge < -0.3 is 10.4 Å². The maximum absolute atomic E-state index is 10.9.